The van der Waals surface area contributed by atoms with Gasteiger partial charge in [-0.2, -0.15) is 0 Å². The number of imidazole rings is 1. The first-order valence-corrected chi connectivity index (χ1v) is 8.95. The summed E-state index contributed by atoms with van der Waals surface area (Å²) in [5.74, 6) is -0.691. The van der Waals surface area contributed by atoms with Gasteiger partial charge in [-0.1, -0.05) is 0 Å². The van der Waals surface area contributed by atoms with Gasteiger partial charge in [-0.3, -0.25) is 4.79 Å². The van der Waals surface area contributed by atoms with Crippen molar-refractivity contribution in [2.24, 2.45) is 0 Å². The predicted octanol–water partition coefficient (Wildman–Crippen LogP) is 2.46. The Morgan fingerprint density at radius 3 is 3.15 bits per heavy atom. The summed E-state index contributed by atoms with van der Waals surface area (Å²) in [7, 11) is 0. The van der Waals surface area contributed by atoms with E-state index in [1.54, 1.807) is 22.8 Å². The van der Waals surface area contributed by atoms with Crippen LogP contribution < -0.4 is 4.74 Å². The van der Waals surface area contributed by atoms with Gasteiger partial charge < -0.3 is 14.2 Å². The Morgan fingerprint density at radius 2 is 2.38 bits per heavy atom. The van der Waals surface area contributed by atoms with Crippen LogP contribution in [-0.2, 0) is 6.54 Å². The van der Waals surface area contributed by atoms with Crippen LogP contribution in [0.15, 0.2) is 36.2 Å². The van der Waals surface area contributed by atoms with E-state index in [-0.39, 0.29) is 24.4 Å². The van der Waals surface area contributed by atoms with Gasteiger partial charge >= 0.3 is 0 Å². The van der Waals surface area contributed by atoms with Gasteiger partial charge in [0.15, 0.2) is 5.82 Å². The van der Waals surface area contributed by atoms with E-state index in [1.807, 2.05) is 11.5 Å². The highest BCUT2D eigenvalue weighted by atomic mass is 32.1. The van der Waals surface area contributed by atoms with Crippen LogP contribution in [0, 0.1) is 12.7 Å². The number of amides is 1. The number of hydrogen-bond acceptors (Lipinski definition) is 6. The number of fused-ring (bicyclic) bond motifs is 1. The molecule has 0 fully saturated rings. The van der Waals surface area contributed by atoms with Gasteiger partial charge in [0.25, 0.3) is 5.91 Å². The number of aryl methyl sites for hydroxylation is 1. The van der Waals surface area contributed by atoms with E-state index in [2.05, 4.69) is 15.0 Å². The number of hydrogen-bond donors (Lipinski definition) is 0. The van der Waals surface area contributed by atoms with Gasteiger partial charge in [0.1, 0.15) is 12.3 Å². The molecule has 3 aromatic rings. The van der Waals surface area contributed by atoms with Crippen molar-refractivity contribution in [1.29, 1.82) is 0 Å². The molecular formula is C17H16FN5O2S. The third kappa shape index (κ3) is 3.17. The maximum absolute atomic E-state index is 13.7. The Kier molecular flexibility index (Phi) is 4.37. The molecule has 0 saturated heterocycles. The average molecular weight is 373 g/mol. The lowest BCUT2D eigenvalue weighted by Gasteiger charge is -2.34. The van der Waals surface area contributed by atoms with E-state index in [1.165, 1.54) is 29.7 Å². The number of thiazole rings is 1. The van der Waals surface area contributed by atoms with Crippen molar-refractivity contribution < 1.29 is 13.9 Å². The zero-order valence-corrected chi connectivity index (χ0v) is 14.8. The molecule has 26 heavy (non-hydrogen) atoms. The van der Waals surface area contributed by atoms with E-state index in [0.717, 1.165) is 10.7 Å². The molecule has 0 spiro atoms. The summed E-state index contributed by atoms with van der Waals surface area (Å²) in [4.78, 5) is 26.8. The van der Waals surface area contributed by atoms with Crippen molar-refractivity contribution in [1.82, 2.24) is 24.4 Å². The van der Waals surface area contributed by atoms with Crippen molar-refractivity contribution in [3.05, 3.63) is 58.4 Å². The zero-order chi connectivity index (χ0) is 18.1. The maximum Gasteiger partial charge on any atom is 0.273 e. The number of halogens is 1. The number of carbonyl (C=O) groups excluding carboxylic acids is 1. The first-order chi connectivity index (χ1) is 12.6. The molecule has 0 N–H and O–H groups in total. The minimum Gasteiger partial charge on any atom is -0.473 e. The van der Waals surface area contributed by atoms with E-state index in [9.17, 15) is 9.18 Å². The minimum atomic E-state index is -0.514. The van der Waals surface area contributed by atoms with E-state index in [0.29, 0.717) is 18.8 Å². The summed E-state index contributed by atoms with van der Waals surface area (Å²) >= 11 is 1.44. The molecule has 1 atom stereocenters. The largest absolute Gasteiger partial charge is 0.473 e. The highest BCUT2D eigenvalue weighted by molar-refractivity contribution is 7.09. The van der Waals surface area contributed by atoms with Crippen LogP contribution in [-0.4, -0.2) is 43.5 Å². The Balaban J connectivity index is 1.53. The number of rotatable bonds is 4. The molecule has 0 saturated carbocycles. The van der Waals surface area contributed by atoms with Crippen molar-refractivity contribution >= 4 is 17.2 Å². The summed E-state index contributed by atoms with van der Waals surface area (Å²) in [6.07, 6.45) is 4.90. The first-order valence-electron chi connectivity index (χ1n) is 8.07. The molecule has 9 heteroatoms. The second-order valence-electron chi connectivity index (χ2n) is 5.98. The summed E-state index contributed by atoms with van der Waals surface area (Å²) in [6.45, 7) is 2.92. The Labute approximate surface area is 153 Å². The van der Waals surface area contributed by atoms with Crippen LogP contribution in [0.1, 0.15) is 27.2 Å². The van der Waals surface area contributed by atoms with Crippen LogP contribution in [0.4, 0.5) is 4.39 Å². The molecule has 0 aromatic carbocycles. The SMILES string of the molecule is Cc1nc(C(=O)N2Cc3cncn3[C@@H](COc3ncccc3F)C2)cs1. The van der Waals surface area contributed by atoms with Gasteiger partial charge in [-0.15, -0.1) is 11.3 Å². The Bertz CT molecular complexity index is 941. The van der Waals surface area contributed by atoms with Crippen molar-refractivity contribution in [2.45, 2.75) is 19.5 Å². The summed E-state index contributed by atoms with van der Waals surface area (Å²) in [5, 5.41) is 2.61. The molecule has 3 aromatic heterocycles. The van der Waals surface area contributed by atoms with Crippen molar-refractivity contribution in [3.8, 4) is 5.88 Å². The van der Waals surface area contributed by atoms with Gasteiger partial charge in [-0.05, 0) is 19.1 Å². The third-order valence-electron chi connectivity index (χ3n) is 4.19. The van der Waals surface area contributed by atoms with Crippen LogP contribution in [0.2, 0.25) is 0 Å². The second kappa shape index (κ2) is 6.83. The quantitative estimate of drug-likeness (QED) is 0.702. The van der Waals surface area contributed by atoms with Crippen LogP contribution in [0.5, 0.6) is 5.88 Å². The molecule has 134 valence electrons. The second-order valence-corrected chi connectivity index (χ2v) is 7.05. The van der Waals surface area contributed by atoms with Crippen LogP contribution in [0.25, 0.3) is 0 Å². The minimum absolute atomic E-state index is 0.0484. The van der Waals surface area contributed by atoms with Crippen molar-refractivity contribution in [2.75, 3.05) is 13.2 Å². The monoisotopic (exact) mass is 373 g/mol. The average Bonchev–Trinajstić information content (AvgIpc) is 3.29. The smallest absolute Gasteiger partial charge is 0.273 e. The number of nitrogens with zero attached hydrogens (tertiary/aromatic N) is 5. The number of ether oxygens (including phenoxy) is 1. The predicted molar refractivity (Wildman–Crippen MR) is 92.5 cm³/mol. The zero-order valence-electron chi connectivity index (χ0n) is 14.0. The van der Waals surface area contributed by atoms with E-state index in [4.69, 9.17) is 4.74 Å². The molecule has 4 rings (SSSR count). The maximum atomic E-state index is 13.7. The fourth-order valence-electron chi connectivity index (χ4n) is 2.95. The van der Waals surface area contributed by atoms with Crippen LogP contribution >= 0.6 is 11.3 Å². The lowest BCUT2D eigenvalue weighted by molar-refractivity contribution is 0.0638. The molecule has 1 amide bonds. The third-order valence-corrected chi connectivity index (χ3v) is 4.96. The molecular weight excluding hydrogens is 357 g/mol. The van der Waals surface area contributed by atoms with Crippen LogP contribution in [0.3, 0.4) is 0 Å². The lowest BCUT2D eigenvalue weighted by Crippen LogP contribution is -2.42. The summed E-state index contributed by atoms with van der Waals surface area (Å²) < 4.78 is 21.2. The van der Waals surface area contributed by atoms with Gasteiger partial charge in [0, 0.05) is 24.3 Å². The first kappa shape index (κ1) is 16.6. The van der Waals surface area contributed by atoms with Crippen molar-refractivity contribution in [3.63, 3.8) is 0 Å². The van der Waals surface area contributed by atoms with Gasteiger partial charge in [-0.25, -0.2) is 19.3 Å². The Hall–Kier alpha value is -2.81. The molecule has 0 aliphatic carbocycles. The highest BCUT2D eigenvalue weighted by Gasteiger charge is 2.30. The fourth-order valence-corrected chi connectivity index (χ4v) is 3.54. The summed E-state index contributed by atoms with van der Waals surface area (Å²) in [5.41, 5.74) is 1.34. The molecule has 7 nitrogen and oxygen atoms in total. The number of aromatic nitrogens is 4. The van der Waals surface area contributed by atoms with Gasteiger partial charge in [0.2, 0.25) is 5.88 Å². The van der Waals surface area contributed by atoms with Gasteiger partial charge in [0.05, 0.1) is 29.6 Å². The standard InChI is InChI=1S/C17H16FN5O2S/c1-11-21-15(9-26-11)17(24)22-6-12-5-19-10-23(12)13(7-22)8-25-16-14(18)3-2-4-20-16/h2-5,9-10,13H,6-8H2,1H3/t13-/m1/s1. The molecule has 0 bridgehead atoms. The molecule has 0 unspecified atom stereocenters. The molecule has 1 aliphatic heterocycles. The number of pyridine rings is 1. The normalized spacial score (nSPS) is 16.4. The Morgan fingerprint density at radius 1 is 1.50 bits per heavy atom. The topological polar surface area (TPSA) is 73.1 Å². The van der Waals surface area contributed by atoms with E-state index < -0.39 is 5.82 Å². The lowest BCUT2D eigenvalue weighted by atomic mass is 10.2. The summed E-state index contributed by atoms with van der Waals surface area (Å²) in [6, 6.07) is 2.62. The van der Waals surface area contributed by atoms with E-state index >= 15 is 0 Å². The molecule has 1 aliphatic rings. The highest BCUT2D eigenvalue weighted by Crippen LogP contribution is 2.24. The number of carbonyl (C=O) groups is 1. The molecule has 4 heterocycles. The fraction of sp³-hybridized carbons (Fsp3) is 0.294. The molecule has 0 radical (unpaired) electrons.